The third kappa shape index (κ3) is 2.65. The number of nitrogens with one attached hydrogen (secondary N) is 1. The van der Waals surface area contributed by atoms with Crippen molar-refractivity contribution in [3.05, 3.63) is 12.3 Å². The zero-order valence-electron chi connectivity index (χ0n) is 11.7. The summed E-state index contributed by atoms with van der Waals surface area (Å²) in [6.07, 6.45) is -1.08. The summed E-state index contributed by atoms with van der Waals surface area (Å²) in [6, 6.07) is -0.659. The van der Waals surface area contributed by atoms with Gasteiger partial charge in [0.15, 0.2) is 17.7 Å². The van der Waals surface area contributed by atoms with Gasteiger partial charge in [-0.2, -0.15) is 0 Å². The predicted molar refractivity (Wildman–Crippen MR) is 69.7 cm³/mol. The van der Waals surface area contributed by atoms with Crippen molar-refractivity contribution in [3.63, 3.8) is 0 Å². The Labute approximate surface area is 121 Å². The van der Waals surface area contributed by atoms with Crippen molar-refractivity contribution in [1.29, 1.82) is 0 Å². The molecule has 1 unspecified atom stereocenters. The first-order valence-electron chi connectivity index (χ1n) is 6.41. The van der Waals surface area contributed by atoms with Gasteiger partial charge in [0, 0.05) is 13.3 Å². The van der Waals surface area contributed by atoms with E-state index in [1.807, 2.05) is 0 Å². The van der Waals surface area contributed by atoms with Gasteiger partial charge in [-0.05, 0) is 13.0 Å². The van der Waals surface area contributed by atoms with Crippen LogP contribution in [0.15, 0.2) is 12.3 Å². The summed E-state index contributed by atoms with van der Waals surface area (Å²) in [6.45, 7) is 0.848. The van der Waals surface area contributed by atoms with Gasteiger partial charge in [-0.3, -0.25) is 15.4 Å². The summed E-state index contributed by atoms with van der Waals surface area (Å²) in [5, 5.41) is 21.5. The summed E-state index contributed by atoms with van der Waals surface area (Å²) in [7, 11) is 1.36. The fraction of sp³-hybridized carbons (Fsp3) is 0.667. The minimum atomic E-state index is -1.57. The number of rotatable bonds is 4. The first-order valence-corrected chi connectivity index (χ1v) is 6.41. The van der Waals surface area contributed by atoms with Gasteiger partial charge in [-0.25, -0.2) is 4.79 Å². The molecule has 0 saturated carbocycles. The summed E-state index contributed by atoms with van der Waals surface area (Å²) in [5.74, 6) is -0.421. The average Bonchev–Trinajstić information content (AvgIpc) is 2.74. The molecule has 2 heterocycles. The fourth-order valence-corrected chi connectivity index (χ4v) is 2.30. The van der Waals surface area contributed by atoms with Gasteiger partial charge in [-0.1, -0.05) is 0 Å². The van der Waals surface area contributed by atoms with Crippen molar-refractivity contribution < 1.29 is 29.3 Å². The van der Waals surface area contributed by atoms with Crippen molar-refractivity contribution in [2.24, 2.45) is 5.73 Å². The third-order valence-electron chi connectivity index (χ3n) is 3.67. The average molecular weight is 301 g/mol. The van der Waals surface area contributed by atoms with Gasteiger partial charge < -0.3 is 25.0 Å². The highest BCUT2D eigenvalue weighted by atomic mass is 16.6. The van der Waals surface area contributed by atoms with E-state index in [0.29, 0.717) is 0 Å². The van der Waals surface area contributed by atoms with Crippen LogP contribution in [0.1, 0.15) is 6.92 Å². The lowest BCUT2D eigenvalue weighted by Gasteiger charge is -2.36. The first kappa shape index (κ1) is 15.9. The molecule has 2 rings (SSSR count). The van der Waals surface area contributed by atoms with Crippen LogP contribution in [0.5, 0.6) is 0 Å². The number of aliphatic hydroxyl groups excluding tert-OH is 2. The standard InChI is InChI=1S/C12H19N3O6/c1-6(17)12(13)3-4-15(11(19)14-12)10-9(20-2)8(18)7(5-16)21-10/h3-4,7-10,16,18H,5,13H2,1-2H3,(H,14,19)/t7-,8-,9-,10-,12?/m1/s1. The molecule has 5 N–H and O–H groups in total. The van der Waals surface area contributed by atoms with Gasteiger partial charge >= 0.3 is 6.03 Å². The monoisotopic (exact) mass is 301 g/mol. The topological polar surface area (TPSA) is 134 Å². The molecule has 9 nitrogen and oxygen atoms in total. The molecule has 2 amide bonds. The van der Waals surface area contributed by atoms with Crippen LogP contribution in [0.4, 0.5) is 4.79 Å². The second-order valence-corrected chi connectivity index (χ2v) is 5.02. The van der Waals surface area contributed by atoms with Crippen LogP contribution in [-0.4, -0.2) is 70.8 Å². The molecule has 0 bridgehead atoms. The van der Waals surface area contributed by atoms with E-state index in [0.717, 1.165) is 4.90 Å². The highest BCUT2D eigenvalue weighted by Gasteiger charge is 2.49. The van der Waals surface area contributed by atoms with Crippen LogP contribution in [0.25, 0.3) is 0 Å². The highest BCUT2D eigenvalue weighted by Crippen LogP contribution is 2.28. The van der Waals surface area contributed by atoms with Crippen molar-refractivity contribution in [2.45, 2.75) is 37.1 Å². The Bertz CT molecular complexity index is 470. The van der Waals surface area contributed by atoms with Crippen molar-refractivity contribution >= 4 is 11.8 Å². The van der Waals surface area contributed by atoms with Crippen LogP contribution >= 0.6 is 0 Å². The number of urea groups is 1. The second kappa shape index (κ2) is 5.70. The van der Waals surface area contributed by atoms with Crippen LogP contribution in [0.3, 0.4) is 0 Å². The number of methoxy groups -OCH3 is 1. The van der Waals surface area contributed by atoms with E-state index in [9.17, 15) is 14.7 Å². The van der Waals surface area contributed by atoms with Crippen molar-refractivity contribution in [2.75, 3.05) is 13.7 Å². The maximum atomic E-state index is 12.1. The smallest absolute Gasteiger partial charge is 0.325 e. The van der Waals surface area contributed by atoms with Crippen LogP contribution < -0.4 is 11.1 Å². The van der Waals surface area contributed by atoms with E-state index in [-0.39, 0.29) is 0 Å². The van der Waals surface area contributed by atoms with E-state index < -0.39 is 48.6 Å². The van der Waals surface area contributed by atoms with Gasteiger partial charge in [0.2, 0.25) is 0 Å². The Morgan fingerprint density at radius 3 is 2.81 bits per heavy atom. The van der Waals surface area contributed by atoms with E-state index in [4.69, 9.17) is 20.3 Å². The summed E-state index contributed by atoms with van der Waals surface area (Å²) >= 11 is 0. The van der Waals surface area contributed by atoms with Crippen LogP contribution in [0, 0.1) is 0 Å². The van der Waals surface area contributed by atoms with E-state index >= 15 is 0 Å². The van der Waals surface area contributed by atoms with Gasteiger partial charge in [0.05, 0.1) is 6.61 Å². The number of carbonyl (C=O) groups excluding carboxylic acids is 2. The number of aliphatic hydroxyl groups is 2. The molecule has 5 atom stereocenters. The zero-order chi connectivity index (χ0) is 15.8. The number of nitrogens with zero attached hydrogens (tertiary/aromatic N) is 1. The minimum Gasteiger partial charge on any atom is -0.394 e. The third-order valence-corrected chi connectivity index (χ3v) is 3.67. The lowest BCUT2D eigenvalue weighted by Crippen LogP contribution is -2.65. The van der Waals surface area contributed by atoms with Crippen LogP contribution in [-0.2, 0) is 14.3 Å². The van der Waals surface area contributed by atoms with Gasteiger partial charge in [0.25, 0.3) is 0 Å². The second-order valence-electron chi connectivity index (χ2n) is 5.02. The Balaban J connectivity index is 2.23. The Hall–Kier alpha value is -1.52. The number of hydrogen-bond donors (Lipinski definition) is 4. The molecular formula is C12H19N3O6. The number of nitrogens with two attached hydrogens (primary N) is 1. The Kier molecular flexibility index (Phi) is 4.30. The van der Waals surface area contributed by atoms with Crippen molar-refractivity contribution in [3.8, 4) is 0 Å². The van der Waals surface area contributed by atoms with E-state index in [1.165, 1.54) is 26.3 Å². The molecule has 0 aromatic heterocycles. The lowest BCUT2D eigenvalue weighted by atomic mass is 10.1. The quantitative estimate of drug-likeness (QED) is 0.465. The summed E-state index contributed by atoms with van der Waals surface area (Å²) in [5.41, 5.74) is 4.18. The molecule has 21 heavy (non-hydrogen) atoms. The number of carbonyl (C=O) groups is 2. The number of hydrogen-bond acceptors (Lipinski definition) is 7. The molecule has 0 radical (unpaired) electrons. The molecule has 0 aliphatic carbocycles. The van der Waals surface area contributed by atoms with Crippen molar-refractivity contribution in [1.82, 2.24) is 10.2 Å². The fourth-order valence-electron chi connectivity index (χ4n) is 2.30. The molecule has 0 aromatic carbocycles. The predicted octanol–water partition coefficient (Wildman–Crippen LogP) is -2.14. The first-order chi connectivity index (χ1) is 9.84. The molecule has 2 aliphatic rings. The molecule has 118 valence electrons. The SMILES string of the molecule is CO[C@@H]1[C@H](O)[C@@H](CO)O[C@H]1N1C=CC(N)(C(C)=O)NC1=O. The Morgan fingerprint density at radius 1 is 1.67 bits per heavy atom. The van der Waals surface area contributed by atoms with Gasteiger partial charge in [-0.15, -0.1) is 0 Å². The zero-order valence-corrected chi connectivity index (χ0v) is 11.7. The maximum absolute atomic E-state index is 12.1. The number of ketones is 1. The highest BCUT2D eigenvalue weighted by molar-refractivity contribution is 5.93. The Morgan fingerprint density at radius 2 is 2.33 bits per heavy atom. The molecule has 1 saturated heterocycles. The largest absolute Gasteiger partial charge is 0.394 e. The minimum absolute atomic E-state index is 0.412. The number of amides is 2. The lowest BCUT2D eigenvalue weighted by molar-refractivity contribution is -0.121. The molecule has 2 aliphatic heterocycles. The molecular weight excluding hydrogens is 282 g/mol. The molecule has 0 spiro atoms. The molecule has 1 fully saturated rings. The van der Waals surface area contributed by atoms with E-state index in [2.05, 4.69) is 5.32 Å². The molecule has 9 heteroatoms. The van der Waals surface area contributed by atoms with Crippen LogP contribution in [0.2, 0.25) is 0 Å². The number of ether oxygens (including phenoxy) is 2. The number of Topliss-reactive ketones (excluding diaryl/α,β-unsaturated/α-hetero) is 1. The summed E-state index contributed by atoms with van der Waals surface area (Å²) < 4.78 is 10.6. The molecule has 0 aromatic rings. The van der Waals surface area contributed by atoms with E-state index in [1.54, 1.807) is 0 Å². The van der Waals surface area contributed by atoms with Gasteiger partial charge in [0.1, 0.15) is 18.3 Å². The normalized spacial score (nSPS) is 39.5. The summed E-state index contributed by atoms with van der Waals surface area (Å²) in [4.78, 5) is 24.7. The maximum Gasteiger partial charge on any atom is 0.325 e.